The van der Waals surface area contributed by atoms with E-state index in [1.807, 2.05) is 42.5 Å². The fraction of sp³-hybridized carbons (Fsp3) is 0.208. The molecule has 0 radical (unpaired) electrons. The molecule has 0 amide bonds. The molecule has 3 aromatic carbocycles. The first-order chi connectivity index (χ1) is 15.1. The second-order valence-corrected chi connectivity index (χ2v) is 9.03. The van der Waals surface area contributed by atoms with Crippen molar-refractivity contribution in [2.24, 2.45) is 4.99 Å². The zero-order valence-corrected chi connectivity index (χ0v) is 18.1. The molecular formula is C24H24N2O4S. The summed E-state index contributed by atoms with van der Waals surface area (Å²) in [6, 6.07) is 23.0. The molecular weight excluding hydrogens is 412 g/mol. The van der Waals surface area contributed by atoms with Crippen molar-refractivity contribution >= 4 is 21.9 Å². The van der Waals surface area contributed by atoms with Gasteiger partial charge in [-0.1, -0.05) is 54.6 Å². The summed E-state index contributed by atoms with van der Waals surface area (Å²) in [7, 11) is -2.08. The molecule has 0 bridgehead atoms. The van der Waals surface area contributed by atoms with Gasteiger partial charge in [0.1, 0.15) is 11.4 Å². The van der Waals surface area contributed by atoms with Crippen molar-refractivity contribution in [3.05, 3.63) is 78.4 Å². The molecule has 0 unspecified atom stereocenters. The first kappa shape index (κ1) is 21.2. The van der Waals surface area contributed by atoms with E-state index < -0.39 is 10.0 Å². The van der Waals surface area contributed by atoms with Crippen molar-refractivity contribution in [1.82, 2.24) is 4.31 Å². The number of hydrogen-bond acceptors (Lipinski definition) is 5. The molecule has 7 heteroatoms. The van der Waals surface area contributed by atoms with Crippen LogP contribution in [-0.2, 0) is 14.8 Å². The standard InChI is InChI=1S/C24H24N2O4S/c1-29-24-17-22(31(27,28)26-13-15-30-16-14-26)11-12-23(24)25-18-19-7-9-21(10-8-19)20-5-3-2-4-6-20/h2-12,17-18H,13-16H2,1H3. The number of nitrogens with zero attached hydrogens (tertiary/aromatic N) is 2. The van der Waals surface area contributed by atoms with Gasteiger partial charge in [-0.15, -0.1) is 0 Å². The normalized spacial score (nSPS) is 15.3. The predicted octanol–water partition coefficient (Wildman–Crippen LogP) is 4.13. The Morgan fingerprint density at radius 1 is 0.935 bits per heavy atom. The van der Waals surface area contributed by atoms with Crippen molar-refractivity contribution in [2.75, 3.05) is 33.4 Å². The quantitative estimate of drug-likeness (QED) is 0.545. The second kappa shape index (κ2) is 9.43. The monoisotopic (exact) mass is 436 g/mol. The van der Waals surface area contributed by atoms with Gasteiger partial charge in [0.05, 0.1) is 25.2 Å². The van der Waals surface area contributed by atoms with Crippen LogP contribution in [0.5, 0.6) is 5.75 Å². The predicted molar refractivity (Wildman–Crippen MR) is 122 cm³/mol. The van der Waals surface area contributed by atoms with Crippen LogP contribution in [0.15, 0.2) is 82.7 Å². The lowest BCUT2D eigenvalue weighted by Crippen LogP contribution is -2.40. The highest BCUT2D eigenvalue weighted by Gasteiger charge is 2.27. The van der Waals surface area contributed by atoms with E-state index in [0.29, 0.717) is 37.7 Å². The largest absolute Gasteiger partial charge is 0.494 e. The summed E-state index contributed by atoms with van der Waals surface area (Å²) >= 11 is 0. The van der Waals surface area contributed by atoms with Crippen molar-refractivity contribution in [3.8, 4) is 16.9 Å². The van der Waals surface area contributed by atoms with Crippen LogP contribution in [0.1, 0.15) is 5.56 Å². The Kier molecular flexibility index (Phi) is 6.46. The lowest BCUT2D eigenvalue weighted by atomic mass is 10.0. The Hall–Kier alpha value is -3.00. The number of rotatable bonds is 6. The average molecular weight is 437 g/mol. The van der Waals surface area contributed by atoms with Crippen LogP contribution < -0.4 is 4.74 Å². The first-order valence-corrected chi connectivity index (χ1v) is 11.5. The third-order valence-electron chi connectivity index (χ3n) is 5.13. The van der Waals surface area contributed by atoms with Crippen molar-refractivity contribution in [2.45, 2.75) is 4.90 Å². The second-order valence-electron chi connectivity index (χ2n) is 7.10. The average Bonchev–Trinajstić information content (AvgIpc) is 2.84. The number of sulfonamides is 1. The van der Waals surface area contributed by atoms with E-state index >= 15 is 0 Å². The molecule has 0 aromatic heterocycles. The lowest BCUT2D eigenvalue weighted by Gasteiger charge is -2.26. The van der Waals surface area contributed by atoms with Crippen molar-refractivity contribution < 1.29 is 17.9 Å². The van der Waals surface area contributed by atoms with E-state index in [2.05, 4.69) is 17.1 Å². The van der Waals surface area contributed by atoms with Gasteiger partial charge >= 0.3 is 0 Å². The summed E-state index contributed by atoms with van der Waals surface area (Å²) in [5, 5.41) is 0. The molecule has 3 aromatic rings. The maximum Gasteiger partial charge on any atom is 0.243 e. The fourth-order valence-electron chi connectivity index (χ4n) is 3.40. The van der Waals surface area contributed by atoms with Gasteiger partial charge < -0.3 is 9.47 Å². The zero-order chi connectivity index (χ0) is 21.7. The number of morpholine rings is 1. The highest BCUT2D eigenvalue weighted by atomic mass is 32.2. The van der Waals surface area contributed by atoms with Crippen LogP contribution in [0.3, 0.4) is 0 Å². The van der Waals surface area contributed by atoms with Crippen LogP contribution in [0.4, 0.5) is 5.69 Å². The Labute approximate surface area is 182 Å². The SMILES string of the molecule is COc1cc(S(=O)(=O)N2CCOCC2)ccc1N=Cc1ccc(-c2ccccc2)cc1. The van der Waals surface area contributed by atoms with E-state index in [9.17, 15) is 8.42 Å². The summed E-state index contributed by atoms with van der Waals surface area (Å²) in [5.74, 6) is 0.409. The van der Waals surface area contributed by atoms with Crippen LogP contribution in [-0.4, -0.2) is 52.4 Å². The molecule has 0 N–H and O–H groups in total. The molecule has 1 heterocycles. The van der Waals surface area contributed by atoms with E-state index in [0.717, 1.165) is 16.7 Å². The number of methoxy groups -OCH3 is 1. The fourth-order valence-corrected chi connectivity index (χ4v) is 4.82. The summed E-state index contributed by atoms with van der Waals surface area (Å²) < 4.78 is 37.8. The Balaban J connectivity index is 1.54. The third-order valence-corrected chi connectivity index (χ3v) is 7.02. The zero-order valence-electron chi connectivity index (χ0n) is 17.3. The molecule has 1 aliphatic rings. The molecule has 1 fully saturated rings. The smallest absolute Gasteiger partial charge is 0.243 e. The van der Waals surface area contributed by atoms with Crippen LogP contribution >= 0.6 is 0 Å². The molecule has 0 saturated carbocycles. The molecule has 160 valence electrons. The number of benzene rings is 3. The van der Waals surface area contributed by atoms with Gasteiger partial charge in [0.2, 0.25) is 10.0 Å². The Morgan fingerprint density at radius 3 is 2.29 bits per heavy atom. The van der Waals surface area contributed by atoms with E-state index in [1.54, 1.807) is 18.3 Å². The van der Waals surface area contributed by atoms with Crippen molar-refractivity contribution in [1.29, 1.82) is 0 Å². The Bertz CT molecular complexity index is 1150. The maximum absolute atomic E-state index is 12.9. The molecule has 4 rings (SSSR count). The number of ether oxygens (including phenoxy) is 2. The third kappa shape index (κ3) is 4.85. The van der Waals surface area contributed by atoms with Gasteiger partial charge in [0, 0.05) is 25.4 Å². The van der Waals surface area contributed by atoms with Gasteiger partial charge in [-0.05, 0) is 28.8 Å². The molecule has 6 nitrogen and oxygen atoms in total. The molecule has 1 aliphatic heterocycles. The highest BCUT2D eigenvalue weighted by molar-refractivity contribution is 7.89. The molecule has 0 aliphatic carbocycles. The van der Waals surface area contributed by atoms with Crippen LogP contribution in [0.25, 0.3) is 11.1 Å². The maximum atomic E-state index is 12.9. The molecule has 0 spiro atoms. The molecule has 1 saturated heterocycles. The van der Waals surface area contributed by atoms with E-state index in [4.69, 9.17) is 9.47 Å². The minimum absolute atomic E-state index is 0.192. The van der Waals surface area contributed by atoms with Gasteiger partial charge in [-0.25, -0.2) is 8.42 Å². The van der Waals surface area contributed by atoms with E-state index in [1.165, 1.54) is 17.5 Å². The van der Waals surface area contributed by atoms with E-state index in [-0.39, 0.29) is 4.90 Å². The van der Waals surface area contributed by atoms with Gasteiger partial charge in [-0.3, -0.25) is 4.99 Å². The van der Waals surface area contributed by atoms with Crippen LogP contribution in [0.2, 0.25) is 0 Å². The summed E-state index contributed by atoms with van der Waals surface area (Å²) in [6.07, 6.45) is 1.74. The first-order valence-electron chi connectivity index (χ1n) is 10.0. The summed E-state index contributed by atoms with van der Waals surface area (Å²) in [4.78, 5) is 4.70. The molecule has 0 atom stereocenters. The lowest BCUT2D eigenvalue weighted by molar-refractivity contribution is 0.0730. The Morgan fingerprint density at radius 2 is 1.61 bits per heavy atom. The number of hydrogen-bond donors (Lipinski definition) is 0. The van der Waals surface area contributed by atoms with Crippen LogP contribution in [0, 0.1) is 0 Å². The minimum Gasteiger partial charge on any atom is -0.494 e. The van der Waals surface area contributed by atoms with Gasteiger partial charge in [-0.2, -0.15) is 4.31 Å². The summed E-state index contributed by atoms with van der Waals surface area (Å²) in [6.45, 7) is 1.51. The minimum atomic E-state index is -3.59. The van der Waals surface area contributed by atoms with Crippen molar-refractivity contribution in [3.63, 3.8) is 0 Å². The highest BCUT2D eigenvalue weighted by Crippen LogP contribution is 2.31. The summed E-state index contributed by atoms with van der Waals surface area (Å²) in [5.41, 5.74) is 3.79. The van der Waals surface area contributed by atoms with Gasteiger partial charge in [0.15, 0.2) is 0 Å². The topological polar surface area (TPSA) is 68.2 Å². The number of aliphatic imine (C=N–C) groups is 1. The molecule has 31 heavy (non-hydrogen) atoms. The van der Waals surface area contributed by atoms with Gasteiger partial charge in [0.25, 0.3) is 0 Å².